The molecule has 18 heavy (non-hydrogen) atoms. The van der Waals surface area contributed by atoms with E-state index in [1.807, 2.05) is 11.0 Å². The van der Waals surface area contributed by atoms with Crippen molar-refractivity contribution in [3.8, 4) is 6.07 Å². The fourth-order valence-corrected chi connectivity index (χ4v) is 1.54. The summed E-state index contributed by atoms with van der Waals surface area (Å²) in [6.07, 6.45) is 2.34. The zero-order valence-corrected chi connectivity index (χ0v) is 10.6. The standard InChI is InChI=1S/C12H19N3O3/c1-17-6-2-3-14-12(16)11(9-13)10-15-4-7-18-8-5-15/h10H,2-8H2,1H3,(H,14,16)/b11-10-. The summed E-state index contributed by atoms with van der Waals surface area (Å²) in [4.78, 5) is 13.6. The Morgan fingerprint density at radius 1 is 1.56 bits per heavy atom. The zero-order valence-electron chi connectivity index (χ0n) is 10.6. The van der Waals surface area contributed by atoms with E-state index in [9.17, 15) is 4.79 Å². The lowest BCUT2D eigenvalue weighted by molar-refractivity contribution is -0.117. The molecular formula is C12H19N3O3. The lowest BCUT2D eigenvalue weighted by Gasteiger charge is -2.25. The van der Waals surface area contributed by atoms with Gasteiger partial charge >= 0.3 is 0 Å². The summed E-state index contributed by atoms with van der Waals surface area (Å²) in [7, 11) is 1.61. The molecular weight excluding hydrogens is 234 g/mol. The predicted octanol–water partition coefficient (Wildman–Crippen LogP) is -0.121. The Morgan fingerprint density at radius 2 is 2.28 bits per heavy atom. The molecule has 0 aromatic heterocycles. The summed E-state index contributed by atoms with van der Waals surface area (Å²) >= 11 is 0. The average Bonchev–Trinajstić information content (AvgIpc) is 2.42. The molecule has 6 heteroatoms. The van der Waals surface area contributed by atoms with Crippen molar-refractivity contribution in [1.82, 2.24) is 10.2 Å². The number of rotatable bonds is 6. The van der Waals surface area contributed by atoms with Crippen LogP contribution in [0, 0.1) is 11.3 Å². The van der Waals surface area contributed by atoms with Crippen molar-refractivity contribution in [3.63, 3.8) is 0 Å². The molecule has 6 nitrogen and oxygen atoms in total. The van der Waals surface area contributed by atoms with Crippen LogP contribution in [0.15, 0.2) is 11.8 Å². The number of hydrogen-bond acceptors (Lipinski definition) is 5. The van der Waals surface area contributed by atoms with Crippen molar-refractivity contribution in [3.05, 3.63) is 11.8 Å². The maximum atomic E-state index is 11.7. The minimum Gasteiger partial charge on any atom is -0.385 e. The molecule has 1 aliphatic heterocycles. The van der Waals surface area contributed by atoms with Gasteiger partial charge in [0, 0.05) is 39.6 Å². The summed E-state index contributed by atoms with van der Waals surface area (Å²) in [6.45, 7) is 3.78. The number of nitriles is 1. The van der Waals surface area contributed by atoms with Crippen LogP contribution in [0.25, 0.3) is 0 Å². The van der Waals surface area contributed by atoms with E-state index < -0.39 is 0 Å². The van der Waals surface area contributed by atoms with Crippen LogP contribution in [-0.2, 0) is 14.3 Å². The lowest BCUT2D eigenvalue weighted by atomic mass is 10.2. The third-order valence-corrected chi connectivity index (χ3v) is 2.53. The maximum Gasteiger partial charge on any atom is 0.263 e. The third kappa shape index (κ3) is 5.17. The van der Waals surface area contributed by atoms with Crippen molar-refractivity contribution in [1.29, 1.82) is 5.26 Å². The van der Waals surface area contributed by atoms with Crippen LogP contribution >= 0.6 is 0 Å². The van der Waals surface area contributed by atoms with E-state index in [0.29, 0.717) is 39.5 Å². The molecule has 0 aliphatic carbocycles. The van der Waals surface area contributed by atoms with Gasteiger partial charge in [0.15, 0.2) is 0 Å². The van der Waals surface area contributed by atoms with Gasteiger partial charge < -0.3 is 19.7 Å². The first-order valence-corrected chi connectivity index (χ1v) is 5.98. The number of ether oxygens (including phenoxy) is 2. The molecule has 0 spiro atoms. The van der Waals surface area contributed by atoms with Crippen LogP contribution in [0.3, 0.4) is 0 Å². The second-order valence-corrected chi connectivity index (χ2v) is 3.91. The van der Waals surface area contributed by atoms with Crippen LogP contribution in [0.2, 0.25) is 0 Å². The fraction of sp³-hybridized carbons (Fsp3) is 0.667. The van der Waals surface area contributed by atoms with Crippen molar-refractivity contribution < 1.29 is 14.3 Å². The predicted molar refractivity (Wildman–Crippen MR) is 65.6 cm³/mol. The molecule has 1 fully saturated rings. The van der Waals surface area contributed by atoms with Gasteiger partial charge in [-0.05, 0) is 6.42 Å². The second-order valence-electron chi connectivity index (χ2n) is 3.91. The van der Waals surface area contributed by atoms with Gasteiger partial charge in [-0.1, -0.05) is 0 Å². The summed E-state index contributed by atoms with van der Waals surface area (Å²) < 4.78 is 10.1. The van der Waals surface area contributed by atoms with Crippen LogP contribution in [0.4, 0.5) is 0 Å². The van der Waals surface area contributed by atoms with Crippen molar-refractivity contribution >= 4 is 5.91 Å². The number of methoxy groups -OCH3 is 1. The van der Waals surface area contributed by atoms with Gasteiger partial charge in [0.2, 0.25) is 0 Å². The molecule has 0 atom stereocenters. The number of carbonyl (C=O) groups excluding carboxylic acids is 1. The van der Waals surface area contributed by atoms with Crippen LogP contribution < -0.4 is 5.32 Å². The number of hydrogen-bond donors (Lipinski definition) is 1. The minimum atomic E-state index is -0.333. The summed E-state index contributed by atoms with van der Waals surface area (Å²) in [5, 5.41) is 11.7. The largest absolute Gasteiger partial charge is 0.385 e. The lowest BCUT2D eigenvalue weighted by Crippen LogP contribution is -2.34. The summed E-state index contributed by atoms with van der Waals surface area (Å²) in [5.74, 6) is -0.333. The SMILES string of the molecule is COCCCNC(=O)/C(C#N)=C\N1CCOCC1. The average molecular weight is 253 g/mol. The highest BCUT2D eigenvalue weighted by molar-refractivity contribution is 5.97. The number of nitrogens with zero attached hydrogens (tertiary/aromatic N) is 2. The minimum absolute atomic E-state index is 0.134. The van der Waals surface area contributed by atoms with Gasteiger partial charge in [0.25, 0.3) is 5.91 Å². The number of amides is 1. The Bertz CT molecular complexity index is 330. The smallest absolute Gasteiger partial charge is 0.263 e. The highest BCUT2D eigenvalue weighted by atomic mass is 16.5. The van der Waals surface area contributed by atoms with E-state index >= 15 is 0 Å². The Balaban J connectivity index is 2.41. The number of morpholine rings is 1. The molecule has 1 amide bonds. The second kappa shape index (κ2) is 8.50. The van der Waals surface area contributed by atoms with Gasteiger partial charge in [-0.25, -0.2) is 0 Å². The summed E-state index contributed by atoms with van der Waals surface area (Å²) in [5.41, 5.74) is 0.134. The van der Waals surface area contributed by atoms with E-state index in [1.54, 1.807) is 13.3 Å². The first-order valence-electron chi connectivity index (χ1n) is 5.98. The van der Waals surface area contributed by atoms with Crippen LogP contribution in [0.5, 0.6) is 0 Å². The Hall–Kier alpha value is -1.58. The number of carbonyl (C=O) groups is 1. The molecule has 0 radical (unpaired) electrons. The fourth-order valence-electron chi connectivity index (χ4n) is 1.54. The third-order valence-electron chi connectivity index (χ3n) is 2.53. The van der Waals surface area contributed by atoms with Gasteiger partial charge in [-0.15, -0.1) is 0 Å². The van der Waals surface area contributed by atoms with Gasteiger partial charge in [0.05, 0.1) is 13.2 Å². The Labute approximate surface area is 107 Å². The van der Waals surface area contributed by atoms with Gasteiger partial charge in [-0.3, -0.25) is 4.79 Å². The van der Waals surface area contributed by atoms with E-state index in [2.05, 4.69) is 5.32 Å². The number of nitrogens with one attached hydrogen (secondary N) is 1. The zero-order chi connectivity index (χ0) is 13.2. The van der Waals surface area contributed by atoms with E-state index in [-0.39, 0.29) is 11.5 Å². The molecule has 1 aliphatic rings. The highest BCUT2D eigenvalue weighted by Gasteiger charge is 2.12. The highest BCUT2D eigenvalue weighted by Crippen LogP contribution is 2.02. The van der Waals surface area contributed by atoms with Crippen molar-refractivity contribution in [2.45, 2.75) is 6.42 Å². The Kier molecular flexibility index (Phi) is 6.84. The van der Waals surface area contributed by atoms with Gasteiger partial charge in [0.1, 0.15) is 11.6 Å². The Morgan fingerprint density at radius 3 is 2.89 bits per heavy atom. The van der Waals surface area contributed by atoms with E-state index in [0.717, 1.165) is 6.42 Å². The molecule has 1 rings (SSSR count). The van der Waals surface area contributed by atoms with Crippen LogP contribution in [-0.4, -0.2) is 57.4 Å². The van der Waals surface area contributed by atoms with E-state index in [1.165, 1.54) is 0 Å². The molecule has 1 saturated heterocycles. The molecule has 0 unspecified atom stereocenters. The molecule has 0 aromatic rings. The van der Waals surface area contributed by atoms with Crippen LogP contribution in [0.1, 0.15) is 6.42 Å². The van der Waals surface area contributed by atoms with Gasteiger partial charge in [-0.2, -0.15) is 5.26 Å². The monoisotopic (exact) mass is 253 g/mol. The van der Waals surface area contributed by atoms with E-state index in [4.69, 9.17) is 14.7 Å². The van der Waals surface area contributed by atoms with Crippen molar-refractivity contribution in [2.75, 3.05) is 46.6 Å². The molecule has 1 heterocycles. The first kappa shape index (κ1) is 14.5. The quantitative estimate of drug-likeness (QED) is 0.406. The molecule has 0 saturated carbocycles. The molecule has 100 valence electrons. The molecule has 0 aromatic carbocycles. The maximum absolute atomic E-state index is 11.7. The molecule has 1 N–H and O–H groups in total. The normalized spacial score (nSPS) is 16.2. The molecule has 0 bridgehead atoms. The van der Waals surface area contributed by atoms with Crippen molar-refractivity contribution in [2.24, 2.45) is 0 Å². The topological polar surface area (TPSA) is 74.6 Å². The summed E-state index contributed by atoms with van der Waals surface area (Å²) in [6, 6.07) is 1.93. The first-order chi connectivity index (χ1) is 8.77.